The van der Waals surface area contributed by atoms with Crippen LogP contribution in [0.1, 0.15) is 21.5 Å². The molecule has 0 amide bonds. The second-order valence-corrected chi connectivity index (χ2v) is 8.05. The molecule has 0 fully saturated rings. The number of carbonyl (C=O) groups excluding carboxylic acids is 1. The van der Waals surface area contributed by atoms with E-state index < -0.39 is 0 Å². The average molecular weight is 418 g/mol. The van der Waals surface area contributed by atoms with Crippen LogP contribution in [-0.4, -0.2) is 21.1 Å². The SMILES string of the molecule is Cc1ccc(C(=O)CSc2nc3ccc(C)cc3c(=O)n2-c2ccc(F)cc2)cc1. The molecule has 0 aliphatic rings. The molecule has 0 bridgehead atoms. The van der Waals surface area contributed by atoms with Crippen molar-refractivity contribution in [2.24, 2.45) is 0 Å². The lowest BCUT2D eigenvalue weighted by Gasteiger charge is -2.13. The normalized spacial score (nSPS) is 11.0. The molecule has 0 atom stereocenters. The van der Waals surface area contributed by atoms with Crippen molar-refractivity contribution >= 4 is 28.4 Å². The van der Waals surface area contributed by atoms with Crippen LogP contribution in [0.2, 0.25) is 0 Å². The Morgan fingerprint density at radius 1 is 0.967 bits per heavy atom. The summed E-state index contributed by atoms with van der Waals surface area (Å²) in [4.78, 5) is 30.5. The third kappa shape index (κ3) is 4.04. The van der Waals surface area contributed by atoms with Crippen LogP contribution in [0.3, 0.4) is 0 Å². The lowest BCUT2D eigenvalue weighted by molar-refractivity contribution is 0.102. The highest BCUT2D eigenvalue weighted by Crippen LogP contribution is 2.23. The number of thioether (sulfide) groups is 1. The van der Waals surface area contributed by atoms with Gasteiger partial charge in [-0.3, -0.25) is 14.2 Å². The molecule has 4 aromatic rings. The molecular formula is C24H19FN2O2S. The van der Waals surface area contributed by atoms with Crippen molar-refractivity contribution in [3.05, 3.63) is 99.6 Å². The number of hydrogen-bond donors (Lipinski definition) is 0. The Balaban J connectivity index is 1.77. The van der Waals surface area contributed by atoms with Crippen LogP contribution in [0.15, 0.2) is 76.7 Å². The minimum atomic E-state index is -0.389. The van der Waals surface area contributed by atoms with Gasteiger partial charge in [-0.1, -0.05) is 53.2 Å². The molecule has 0 saturated heterocycles. The topological polar surface area (TPSA) is 52.0 Å². The summed E-state index contributed by atoms with van der Waals surface area (Å²) in [5, 5.41) is 0.872. The summed E-state index contributed by atoms with van der Waals surface area (Å²) in [5.41, 5.74) is 3.45. The number of ketones is 1. The van der Waals surface area contributed by atoms with E-state index in [4.69, 9.17) is 0 Å². The third-order valence-electron chi connectivity index (χ3n) is 4.78. The molecule has 4 nitrogen and oxygen atoms in total. The lowest BCUT2D eigenvalue weighted by Crippen LogP contribution is -2.22. The highest BCUT2D eigenvalue weighted by atomic mass is 32.2. The zero-order chi connectivity index (χ0) is 21.3. The van der Waals surface area contributed by atoms with Gasteiger partial charge >= 0.3 is 0 Å². The maximum atomic E-state index is 13.4. The number of Topliss-reactive ketones (excluding diaryl/α,β-unsaturated/α-hetero) is 1. The molecule has 0 N–H and O–H groups in total. The summed E-state index contributed by atoms with van der Waals surface area (Å²) in [7, 11) is 0. The van der Waals surface area contributed by atoms with Crippen LogP contribution in [0, 0.1) is 19.7 Å². The molecule has 0 spiro atoms. The van der Waals surface area contributed by atoms with Gasteiger partial charge in [-0.05, 0) is 50.2 Å². The van der Waals surface area contributed by atoms with Crippen LogP contribution in [0.25, 0.3) is 16.6 Å². The second kappa shape index (κ2) is 8.24. The molecule has 3 aromatic carbocycles. The number of nitrogens with zero attached hydrogens (tertiary/aromatic N) is 2. The monoisotopic (exact) mass is 418 g/mol. The Kier molecular flexibility index (Phi) is 5.50. The largest absolute Gasteiger partial charge is 0.293 e. The van der Waals surface area contributed by atoms with Crippen molar-refractivity contribution in [2.45, 2.75) is 19.0 Å². The van der Waals surface area contributed by atoms with E-state index in [1.54, 1.807) is 24.3 Å². The smallest absolute Gasteiger partial charge is 0.266 e. The number of rotatable bonds is 5. The highest BCUT2D eigenvalue weighted by molar-refractivity contribution is 7.99. The number of aryl methyl sites for hydroxylation is 2. The Labute approximate surface area is 177 Å². The second-order valence-electron chi connectivity index (χ2n) is 7.11. The van der Waals surface area contributed by atoms with Crippen molar-refractivity contribution < 1.29 is 9.18 Å². The van der Waals surface area contributed by atoms with Crippen molar-refractivity contribution in [3.63, 3.8) is 0 Å². The van der Waals surface area contributed by atoms with Gasteiger partial charge in [0.15, 0.2) is 10.9 Å². The highest BCUT2D eigenvalue weighted by Gasteiger charge is 2.16. The number of hydrogen-bond acceptors (Lipinski definition) is 4. The van der Waals surface area contributed by atoms with Crippen LogP contribution >= 0.6 is 11.8 Å². The van der Waals surface area contributed by atoms with E-state index in [2.05, 4.69) is 4.98 Å². The van der Waals surface area contributed by atoms with Crippen molar-refractivity contribution in [1.82, 2.24) is 9.55 Å². The summed E-state index contributed by atoms with van der Waals surface area (Å²) in [6.07, 6.45) is 0. The zero-order valence-corrected chi connectivity index (χ0v) is 17.4. The maximum Gasteiger partial charge on any atom is 0.266 e. The first-order chi connectivity index (χ1) is 14.4. The lowest BCUT2D eigenvalue weighted by atomic mass is 10.1. The standard InChI is InChI=1S/C24H19FN2O2S/c1-15-3-6-17(7-4-15)22(28)14-30-24-26-21-12-5-16(2)13-20(21)23(29)27(24)19-10-8-18(25)9-11-19/h3-13H,14H2,1-2H3. The van der Waals surface area contributed by atoms with Crippen LogP contribution in [0.4, 0.5) is 4.39 Å². The van der Waals surface area contributed by atoms with Gasteiger partial charge in [0.05, 0.1) is 22.3 Å². The average Bonchev–Trinajstić information content (AvgIpc) is 2.74. The molecule has 150 valence electrons. The number of benzene rings is 3. The predicted octanol–water partition coefficient (Wildman–Crippen LogP) is 5.12. The Bertz CT molecular complexity index is 1300. The molecule has 30 heavy (non-hydrogen) atoms. The summed E-state index contributed by atoms with van der Waals surface area (Å²) in [6.45, 7) is 3.87. The minimum Gasteiger partial charge on any atom is -0.293 e. The summed E-state index contributed by atoms with van der Waals surface area (Å²) >= 11 is 1.19. The van der Waals surface area contributed by atoms with Gasteiger partial charge in [0, 0.05) is 5.56 Å². The van der Waals surface area contributed by atoms with Crippen molar-refractivity contribution in [3.8, 4) is 5.69 Å². The minimum absolute atomic E-state index is 0.0519. The first-order valence-electron chi connectivity index (χ1n) is 9.44. The van der Waals surface area contributed by atoms with E-state index in [0.717, 1.165) is 11.1 Å². The Morgan fingerprint density at radius 2 is 1.63 bits per heavy atom. The third-order valence-corrected chi connectivity index (χ3v) is 5.72. The molecule has 1 heterocycles. The van der Waals surface area contributed by atoms with Crippen LogP contribution in [0.5, 0.6) is 0 Å². The first-order valence-corrected chi connectivity index (χ1v) is 10.4. The van der Waals surface area contributed by atoms with E-state index in [1.165, 1.54) is 40.6 Å². The Morgan fingerprint density at radius 3 is 2.33 bits per heavy atom. The molecule has 6 heteroatoms. The van der Waals surface area contributed by atoms with Gasteiger partial charge in [0.1, 0.15) is 5.82 Å². The predicted molar refractivity (Wildman–Crippen MR) is 118 cm³/mol. The zero-order valence-electron chi connectivity index (χ0n) is 16.6. The van der Waals surface area contributed by atoms with E-state index in [1.807, 2.05) is 32.0 Å². The van der Waals surface area contributed by atoms with Crippen LogP contribution < -0.4 is 5.56 Å². The van der Waals surface area contributed by atoms with E-state index in [-0.39, 0.29) is 22.9 Å². The molecule has 0 radical (unpaired) electrons. The fourth-order valence-electron chi connectivity index (χ4n) is 3.15. The van der Waals surface area contributed by atoms with Gasteiger partial charge < -0.3 is 0 Å². The van der Waals surface area contributed by atoms with Crippen molar-refractivity contribution in [1.29, 1.82) is 0 Å². The van der Waals surface area contributed by atoms with Crippen molar-refractivity contribution in [2.75, 3.05) is 5.75 Å². The van der Waals surface area contributed by atoms with Gasteiger partial charge in [0.25, 0.3) is 5.56 Å². The van der Waals surface area contributed by atoms with Gasteiger partial charge in [-0.25, -0.2) is 9.37 Å². The van der Waals surface area contributed by atoms with Crippen LogP contribution in [-0.2, 0) is 0 Å². The molecule has 0 aliphatic heterocycles. The van der Waals surface area contributed by atoms with Gasteiger partial charge in [-0.15, -0.1) is 0 Å². The molecule has 4 rings (SSSR count). The molecule has 1 aromatic heterocycles. The number of carbonyl (C=O) groups is 1. The number of halogens is 1. The van der Waals surface area contributed by atoms with E-state index in [9.17, 15) is 14.0 Å². The number of fused-ring (bicyclic) bond motifs is 1. The summed E-state index contributed by atoms with van der Waals surface area (Å²) in [6, 6.07) is 18.5. The summed E-state index contributed by atoms with van der Waals surface area (Å²) < 4.78 is 14.9. The van der Waals surface area contributed by atoms with E-state index >= 15 is 0 Å². The van der Waals surface area contributed by atoms with Gasteiger partial charge in [0.2, 0.25) is 0 Å². The number of aromatic nitrogens is 2. The molecule has 0 aliphatic carbocycles. The maximum absolute atomic E-state index is 13.4. The Hall–Kier alpha value is -3.25. The molecular weight excluding hydrogens is 399 g/mol. The van der Waals surface area contributed by atoms with E-state index in [0.29, 0.717) is 27.3 Å². The van der Waals surface area contributed by atoms with Gasteiger partial charge in [-0.2, -0.15) is 0 Å². The molecule has 0 unspecified atom stereocenters. The fraction of sp³-hybridized carbons (Fsp3) is 0.125. The quantitative estimate of drug-likeness (QED) is 0.257. The molecule has 0 saturated carbocycles. The first kappa shape index (κ1) is 20.0. The summed E-state index contributed by atoms with van der Waals surface area (Å²) in [5.74, 6) is -0.308. The fourth-order valence-corrected chi connectivity index (χ4v) is 4.05.